The summed E-state index contributed by atoms with van der Waals surface area (Å²) < 4.78 is 7.51. The van der Waals surface area contributed by atoms with Crippen LogP contribution in [0.25, 0.3) is 11.0 Å². The molecule has 0 saturated carbocycles. The number of aromatic nitrogens is 3. The number of rotatable bonds is 8. The summed E-state index contributed by atoms with van der Waals surface area (Å²) in [5.41, 5.74) is 5.38. The van der Waals surface area contributed by atoms with Gasteiger partial charge in [-0.1, -0.05) is 64.8 Å². The Bertz CT molecular complexity index is 1790. The molecule has 42 heavy (non-hydrogen) atoms. The minimum absolute atomic E-state index is 0.0223. The normalized spacial score (nSPS) is 15.1. The maximum atomic E-state index is 13.2. The third-order valence-electron chi connectivity index (χ3n) is 7.44. The second-order valence-electron chi connectivity index (χ2n) is 10.2. The summed E-state index contributed by atoms with van der Waals surface area (Å²) in [6, 6.07) is 24.9. The first kappa shape index (κ1) is 27.8. The molecule has 0 aliphatic heterocycles. The van der Waals surface area contributed by atoms with Crippen LogP contribution >= 0.6 is 23.2 Å². The van der Waals surface area contributed by atoms with Gasteiger partial charge in [0.1, 0.15) is 11.3 Å². The number of ether oxygens (including phenoxy) is 1. The fourth-order valence-electron chi connectivity index (χ4n) is 5.32. The van der Waals surface area contributed by atoms with Crippen LogP contribution in [0.1, 0.15) is 57.6 Å². The van der Waals surface area contributed by atoms with Crippen LogP contribution in [0.3, 0.4) is 0 Å². The van der Waals surface area contributed by atoms with Crippen LogP contribution in [0.15, 0.2) is 84.9 Å². The van der Waals surface area contributed by atoms with Gasteiger partial charge in [-0.2, -0.15) is 0 Å². The predicted octanol–water partition coefficient (Wildman–Crippen LogP) is 6.80. The average molecular weight is 601 g/mol. The number of hydrogen-bond donors (Lipinski definition) is 2. The number of fused-ring (bicyclic) bond motifs is 2. The van der Waals surface area contributed by atoms with E-state index >= 15 is 0 Å². The van der Waals surface area contributed by atoms with Gasteiger partial charge >= 0.3 is 5.97 Å². The van der Waals surface area contributed by atoms with Crippen molar-refractivity contribution in [1.29, 1.82) is 0 Å². The lowest BCUT2D eigenvalue weighted by Gasteiger charge is -2.26. The van der Waals surface area contributed by atoms with Gasteiger partial charge in [0, 0.05) is 21.2 Å². The molecule has 1 aliphatic carbocycles. The Hall–Kier alpha value is -4.40. The van der Waals surface area contributed by atoms with Crippen molar-refractivity contribution in [3.63, 3.8) is 0 Å². The van der Waals surface area contributed by atoms with Crippen molar-refractivity contribution in [2.75, 3.05) is 0 Å². The number of amides is 1. The van der Waals surface area contributed by atoms with Gasteiger partial charge in [0.15, 0.2) is 0 Å². The predicted molar refractivity (Wildman–Crippen MR) is 160 cm³/mol. The molecule has 5 aromatic rings. The second kappa shape index (κ2) is 11.8. The molecule has 1 heterocycles. The first-order chi connectivity index (χ1) is 20.4. The largest absolute Gasteiger partial charge is 0.478 e. The molecule has 0 radical (unpaired) electrons. The van der Waals surface area contributed by atoms with Crippen molar-refractivity contribution in [3.8, 4) is 5.75 Å². The first-order valence-electron chi connectivity index (χ1n) is 13.5. The molecule has 2 N–H and O–H groups in total. The third-order valence-corrected chi connectivity index (χ3v) is 8.06. The van der Waals surface area contributed by atoms with E-state index in [1.165, 1.54) is 11.1 Å². The van der Waals surface area contributed by atoms with Crippen molar-refractivity contribution >= 4 is 46.1 Å². The van der Waals surface area contributed by atoms with E-state index in [4.69, 9.17) is 27.9 Å². The van der Waals surface area contributed by atoms with Gasteiger partial charge in [0.05, 0.1) is 18.1 Å². The van der Waals surface area contributed by atoms with E-state index < -0.39 is 12.1 Å². The van der Waals surface area contributed by atoms with Gasteiger partial charge < -0.3 is 15.2 Å². The molecule has 2 unspecified atom stereocenters. The summed E-state index contributed by atoms with van der Waals surface area (Å²) in [5.74, 6) is -0.956. The van der Waals surface area contributed by atoms with Crippen molar-refractivity contribution < 1.29 is 19.4 Å². The van der Waals surface area contributed by atoms with Crippen molar-refractivity contribution in [1.82, 2.24) is 20.3 Å². The van der Waals surface area contributed by atoms with Crippen LogP contribution in [-0.2, 0) is 17.8 Å². The monoisotopic (exact) mass is 600 g/mol. The molecule has 2 atom stereocenters. The Morgan fingerprint density at radius 1 is 1.02 bits per heavy atom. The molecule has 0 fully saturated rings. The number of nitrogens with one attached hydrogen (secondary N) is 1. The van der Waals surface area contributed by atoms with Crippen molar-refractivity contribution in [2.24, 2.45) is 0 Å². The minimum Gasteiger partial charge on any atom is -0.478 e. The molecule has 8 nitrogen and oxygen atoms in total. The van der Waals surface area contributed by atoms with Gasteiger partial charge in [-0.15, -0.1) is 5.10 Å². The molecule has 1 aromatic heterocycles. The number of carboxylic acid groups (broad SMARTS) is 1. The molecule has 0 spiro atoms. The van der Waals surface area contributed by atoms with Gasteiger partial charge in [-0.3, -0.25) is 4.79 Å². The summed E-state index contributed by atoms with van der Waals surface area (Å²) in [6.07, 6.45) is 1.73. The van der Waals surface area contributed by atoms with E-state index in [9.17, 15) is 14.7 Å². The number of nitrogens with zero attached hydrogens (tertiary/aromatic N) is 3. The van der Waals surface area contributed by atoms with Crippen LogP contribution < -0.4 is 10.1 Å². The Morgan fingerprint density at radius 3 is 2.64 bits per heavy atom. The summed E-state index contributed by atoms with van der Waals surface area (Å²) in [4.78, 5) is 25.1. The van der Waals surface area contributed by atoms with E-state index in [0.29, 0.717) is 38.0 Å². The zero-order valence-electron chi connectivity index (χ0n) is 22.3. The third kappa shape index (κ3) is 5.82. The fourth-order valence-corrected chi connectivity index (χ4v) is 5.62. The number of benzene rings is 4. The zero-order chi connectivity index (χ0) is 29.2. The lowest BCUT2D eigenvalue weighted by Crippen LogP contribution is -2.30. The molecular formula is C32H26Cl2N4O4. The number of halogens is 2. The smallest absolute Gasteiger partial charge is 0.349 e. The van der Waals surface area contributed by atoms with Crippen LogP contribution in [0, 0.1) is 0 Å². The zero-order valence-corrected chi connectivity index (χ0v) is 23.8. The highest BCUT2D eigenvalue weighted by atomic mass is 35.5. The molecule has 1 amide bonds. The van der Waals surface area contributed by atoms with Crippen molar-refractivity contribution in [3.05, 3.63) is 123 Å². The van der Waals surface area contributed by atoms with E-state index in [1.54, 1.807) is 59.3 Å². The van der Waals surface area contributed by atoms with Crippen LogP contribution in [0.4, 0.5) is 0 Å². The minimum atomic E-state index is -1.23. The van der Waals surface area contributed by atoms with Gasteiger partial charge in [-0.25, -0.2) is 9.48 Å². The molecule has 212 valence electrons. The quantitative estimate of drug-likeness (QED) is 0.203. The van der Waals surface area contributed by atoms with E-state index in [0.717, 1.165) is 24.8 Å². The molecule has 0 bridgehead atoms. The number of aliphatic carboxylic acids is 1. The first-order valence-corrected chi connectivity index (χ1v) is 14.3. The summed E-state index contributed by atoms with van der Waals surface area (Å²) in [7, 11) is 0. The maximum Gasteiger partial charge on any atom is 0.349 e. The Morgan fingerprint density at radius 2 is 1.83 bits per heavy atom. The number of hydrogen-bond acceptors (Lipinski definition) is 5. The Labute approximate surface area is 251 Å². The Kier molecular flexibility index (Phi) is 7.82. The molecule has 4 aromatic carbocycles. The SMILES string of the molecule is O=C(NC1CCCc2ccccc21)c1ccc2c(c1)nnn2Cc1cc(OC(C(=O)O)c2ccc(Cl)cc2)ccc1Cl. The molecule has 0 saturated heterocycles. The number of aryl methyl sites for hydroxylation is 1. The topological polar surface area (TPSA) is 106 Å². The van der Waals surface area contributed by atoms with Crippen LogP contribution in [0.5, 0.6) is 5.75 Å². The molecular weight excluding hydrogens is 575 g/mol. The fraction of sp³-hybridized carbons (Fsp3) is 0.188. The lowest BCUT2D eigenvalue weighted by molar-refractivity contribution is -0.145. The Balaban J connectivity index is 1.19. The average Bonchev–Trinajstić information content (AvgIpc) is 3.40. The highest BCUT2D eigenvalue weighted by Gasteiger charge is 2.24. The lowest BCUT2D eigenvalue weighted by atomic mass is 9.87. The van der Waals surface area contributed by atoms with E-state index in [-0.39, 0.29) is 18.5 Å². The van der Waals surface area contributed by atoms with E-state index in [1.807, 2.05) is 18.2 Å². The molecule has 10 heteroatoms. The highest BCUT2D eigenvalue weighted by molar-refractivity contribution is 6.31. The van der Waals surface area contributed by atoms with Crippen LogP contribution in [0.2, 0.25) is 10.0 Å². The number of carbonyl (C=O) groups is 2. The van der Waals surface area contributed by atoms with Gasteiger partial charge in [-0.05, 0) is 84.5 Å². The summed E-state index contributed by atoms with van der Waals surface area (Å²) >= 11 is 12.4. The number of carboxylic acids is 1. The number of carbonyl (C=O) groups excluding carboxylic acids is 1. The van der Waals surface area contributed by atoms with Crippen LogP contribution in [-0.4, -0.2) is 32.0 Å². The van der Waals surface area contributed by atoms with E-state index in [2.05, 4.69) is 27.8 Å². The van der Waals surface area contributed by atoms with Crippen molar-refractivity contribution in [2.45, 2.75) is 38.0 Å². The van der Waals surface area contributed by atoms with Gasteiger partial charge in [0.2, 0.25) is 6.10 Å². The standard InChI is InChI=1S/C32H26Cl2N4O4/c33-23-11-8-20(9-12-23)30(32(40)41)42-24-13-14-26(34)22(16-24)18-38-29-15-10-21(17-28(29)36-37-38)31(39)35-27-7-3-5-19-4-1-2-6-25(19)27/h1-2,4,6,8-17,27,30H,3,5,7,18H2,(H,35,39)(H,40,41). The van der Waals surface area contributed by atoms with Gasteiger partial charge in [0.25, 0.3) is 5.91 Å². The molecule has 6 rings (SSSR count). The second-order valence-corrected chi connectivity index (χ2v) is 11.1. The highest BCUT2D eigenvalue weighted by Crippen LogP contribution is 2.31. The maximum absolute atomic E-state index is 13.2. The molecule has 1 aliphatic rings. The summed E-state index contributed by atoms with van der Waals surface area (Å²) in [6.45, 7) is 0.260. The summed E-state index contributed by atoms with van der Waals surface area (Å²) in [5, 5.41) is 22.5.